The maximum absolute atomic E-state index is 11.8. The first-order valence-electron chi connectivity index (χ1n) is 7.15. The minimum Gasteiger partial charge on any atom is -0.496 e. The van der Waals surface area contributed by atoms with Crippen molar-refractivity contribution >= 4 is 11.9 Å². The maximum atomic E-state index is 11.8. The summed E-state index contributed by atoms with van der Waals surface area (Å²) in [6.07, 6.45) is 1.23. The molecule has 2 rings (SSSR count). The Morgan fingerprint density at radius 2 is 2.10 bits per heavy atom. The molecule has 0 spiro atoms. The molecule has 1 aromatic rings. The summed E-state index contributed by atoms with van der Waals surface area (Å²) in [7, 11) is 1.56. The van der Waals surface area contributed by atoms with Gasteiger partial charge in [-0.15, -0.1) is 0 Å². The quantitative estimate of drug-likeness (QED) is 0.802. The van der Waals surface area contributed by atoms with Gasteiger partial charge in [-0.05, 0) is 30.4 Å². The van der Waals surface area contributed by atoms with Crippen LogP contribution in [0.15, 0.2) is 24.3 Å². The van der Waals surface area contributed by atoms with Gasteiger partial charge < -0.3 is 15.2 Å². The first kappa shape index (κ1) is 15.4. The Balaban J connectivity index is 1.95. The van der Waals surface area contributed by atoms with Gasteiger partial charge in [-0.25, -0.2) is 0 Å². The van der Waals surface area contributed by atoms with Gasteiger partial charge in [0.15, 0.2) is 0 Å². The number of nitrogens with one attached hydrogen (secondary N) is 1. The van der Waals surface area contributed by atoms with Crippen molar-refractivity contribution in [3.05, 3.63) is 29.8 Å². The van der Waals surface area contributed by atoms with Gasteiger partial charge in [0.05, 0.1) is 13.0 Å². The topological polar surface area (TPSA) is 75.6 Å². The number of methoxy groups -OCH3 is 1. The maximum Gasteiger partial charge on any atom is 0.308 e. The van der Waals surface area contributed by atoms with Crippen molar-refractivity contribution in [2.24, 2.45) is 17.8 Å². The highest BCUT2D eigenvalue weighted by atomic mass is 16.5. The molecular weight excluding hydrogens is 270 g/mol. The largest absolute Gasteiger partial charge is 0.496 e. The molecule has 0 saturated heterocycles. The lowest BCUT2D eigenvalue weighted by Crippen LogP contribution is -2.35. The zero-order valence-corrected chi connectivity index (χ0v) is 12.3. The van der Waals surface area contributed by atoms with Gasteiger partial charge in [0.2, 0.25) is 5.91 Å². The van der Waals surface area contributed by atoms with Crippen LogP contribution in [-0.4, -0.2) is 30.6 Å². The van der Waals surface area contributed by atoms with E-state index in [9.17, 15) is 14.7 Å². The van der Waals surface area contributed by atoms with Crippen molar-refractivity contribution in [2.45, 2.75) is 19.8 Å². The summed E-state index contributed by atoms with van der Waals surface area (Å²) >= 11 is 0. The van der Waals surface area contributed by atoms with Gasteiger partial charge in [-0.2, -0.15) is 0 Å². The molecule has 0 unspecified atom stereocenters. The van der Waals surface area contributed by atoms with Crippen molar-refractivity contribution in [1.82, 2.24) is 5.32 Å². The van der Waals surface area contributed by atoms with Crippen LogP contribution in [0, 0.1) is 17.8 Å². The summed E-state index contributed by atoms with van der Waals surface area (Å²) in [6, 6.07) is 7.34. The minimum atomic E-state index is -0.912. The fourth-order valence-corrected chi connectivity index (χ4v) is 2.43. The van der Waals surface area contributed by atoms with E-state index in [0.29, 0.717) is 18.1 Å². The van der Waals surface area contributed by atoms with Gasteiger partial charge in [-0.3, -0.25) is 9.59 Å². The molecular formula is C16H21NO4. The Kier molecular flexibility index (Phi) is 4.83. The molecule has 0 heterocycles. The zero-order valence-electron chi connectivity index (χ0n) is 12.3. The van der Waals surface area contributed by atoms with Gasteiger partial charge in [-0.1, -0.05) is 25.1 Å². The van der Waals surface area contributed by atoms with E-state index in [2.05, 4.69) is 5.32 Å². The third-order valence-corrected chi connectivity index (χ3v) is 3.98. The summed E-state index contributed by atoms with van der Waals surface area (Å²) in [6.45, 7) is 2.17. The number of hydrogen-bond donors (Lipinski definition) is 2. The molecule has 1 aliphatic carbocycles. The number of ether oxygens (including phenoxy) is 1. The fraction of sp³-hybridized carbons (Fsp3) is 0.500. The molecule has 1 amide bonds. The van der Waals surface area contributed by atoms with E-state index in [-0.39, 0.29) is 18.4 Å². The number of carbonyl (C=O) groups excluding carboxylic acids is 1. The third-order valence-electron chi connectivity index (χ3n) is 3.98. The van der Waals surface area contributed by atoms with E-state index in [0.717, 1.165) is 12.0 Å². The smallest absolute Gasteiger partial charge is 0.308 e. The van der Waals surface area contributed by atoms with E-state index < -0.39 is 11.9 Å². The predicted octanol–water partition coefficient (Wildman–Crippen LogP) is 1.71. The Bertz CT molecular complexity index is 529. The summed E-state index contributed by atoms with van der Waals surface area (Å²) in [4.78, 5) is 23.2. The monoisotopic (exact) mass is 291 g/mol. The highest BCUT2D eigenvalue weighted by molar-refractivity contribution is 5.82. The highest BCUT2D eigenvalue weighted by Gasteiger charge is 2.39. The first-order valence-corrected chi connectivity index (χ1v) is 7.15. The number of hydrogen-bond acceptors (Lipinski definition) is 3. The lowest BCUT2D eigenvalue weighted by molar-refractivity contribution is -0.141. The molecule has 2 N–H and O–H groups in total. The molecule has 1 fully saturated rings. The number of benzene rings is 1. The molecule has 0 bridgehead atoms. The van der Waals surface area contributed by atoms with Crippen LogP contribution < -0.4 is 10.1 Å². The van der Waals surface area contributed by atoms with Crippen LogP contribution in [0.3, 0.4) is 0 Å². The van der Waals surface area contributed by atoms with E-state index in [4.69, 9.17) is 4.74 Å². The van der Waals surface area contributed by atoms with Crippen LogP contribution in [0.1, 0.15) is 18.9 Å². The number of carboxylic acids is 1. The van der Waals surface area contributed by atoms with Crippen LogP contribution in [-0.2, 0) is 16.0 Å². The summed E-state index contributed by atoms with van der Waals surface area (Å²) in [5.41, 5.74) is 0.835. The normalized spacial score (nSPS) is 21.4. The van der Waals surface area contributed by atoms with E-state index in [1.54, 1.807) is 13.2 Å². The Morgan fingerprint density at radius 1 is 1.43 bits per heavy atom. The van der Waals surface area contributed by atoms with E-state index in [1.807, 2.05) is 25.1 Å². The fourth-order valence-electron chi connectivity index (χ4n) is 2.43. The minimum absolute atomic E-state index is 0.0335. The number of carbonyl (C=O) groups is 2. The van der Waals surface area contributed by atoms with Gasteiger partial charge in [0.25, 0.3) is 0 Å². The van der Waals surface area contributed by atoms with Crippen molar-refractivity contribution in [3.8, 4) is 5.75 Å². The second-order valence-electron chi connectivity index (χ2n) is 5.62. The van der Waals surface area contributed by atoms with Crippen molar-refractivity contribution < 1.29 is 19.4 Å². The van der Waals surface area contributed by atoms with Gasteiger partial charge in [0, 0.05) is 12.5 Å². The average molecular weight is 291 g/mol. The van der Waals surface area contributed by atoms with Crippen LogP contribution >= 0.6 is 0 Å². The number of carboxylic acid groups (broad SMARTS) is 1. The van der Waals surface area contributed by atoms with Crippen molar-refractivity contribution in [2.75, 3.05) is 13.7 Å². The van der Waals surface area contributed by atoms with Gasteiger partial charge >= 0.3 is 5.97 Å². The molecule has 0 aromatic heterocycles. The Morgan fingerprint density at radius 3 is 2.67 bits per heavy atom. The molecule has 5 heteroatoms. The first-order chi connectivity index (χ1) is 10.0. The molecule has 1 aromatic carbocycles. The number of para-hydroxylation sites is 1. The third kappa shape index (κ3) is 3.97. The standard InChI is InChI=1S/C16H21NO4/c1-10-7-13(10)15(18)17-9-12(16(19)20)8-11-5-3-4-6-14(11)21-2/h3-6,10,12-13H,7-9H2,1-2H3,(H,17,18)(H,19,20)/t10-,12+,13-/m0/s1. The molecule has 3 atom stereocenters. The van der Waals surface area contributed by atoms with Gasteiger partial charge in [0.1, 0.15) is 5.75 Å². The van der Waals surface area contributed by atoms with Crippen molar-refractivity contribution in [1.29, 1.82) is 0 Å². The molecule has 1 saturated carbocycles. The van der Waals surface area contributed by atoms with Crippen LogP contribution in [0.2, 0.25) is 0 Å². The molecule has 5 nitrogen and oxygen atoms in total. The SMILES string of the molecule is COc1ccccc1C[C@H](CNC(=O)[C@H]1C[C@@H]1C)C(=O)O. The molecule has 0 radical (unpaired) electrons. The lowest BCUT2D eigenvalue weighted by Gasteiger charge is -2.15. The Hall–Kier alpha value is -2.04. The van der Waals surface area contributed by atoms with E-state index in [1.165, 1.54) is 0 Å². The number of aliphatic carboxylic acids is 1. The number of amides is 1. The lowest BCUT2D eigenvalue weighted by atomic mass is 9.98. The molecule has 1 aliphatic rings. The molecule has 0 aliphatic heterocycles. The zero-order chi connectivity index (χ0) is 15.4. The average Bonchev–Trinajstić information content (AvgIpc) is 3.20. The van der Waals surface area contributed by atoms with Crippen LogP contribution in [0.25, 0.3) is 0 Å². The summed E-state index contributed by atoms with van der Waals surface area (Å²) in [5.74, 6) is -0.447. The van der Waals surface area contributed by atoms with Crippen LogP contribution in [0.5, 0.6) is 5.75 Å². The second-order valence-corrected chi connectivity index (χ2v) is 5.62. The molecule has 21 heavy (non-hydrogen) atoms. The number of rotatable bonds is 7. The van der Waals surface area contributed by atoms with Crippen LogP contribution in [0.4, 0.5) is 0 Å². The predicted molar refractivity (Wildman–Crippen MR) is 78.1 cm³/mol. The summed E-state index contributed by atoms with van der Waals surface area (Å²) in [5, 5.41) is 12.1. The summed E-state index contributed by atoms with van der Waals surface area (Å²) < 4.78 is 5.23. The second kappa shape index (κ2) is 6.61. The van der Waals surface area contributed by atoms with E-state index >= 15 is 0 Å². The Labute approximate surface area is 124 Å². The highest BCUT2D eigenvalue weighted by Crippen LogP contribution is 2.37. The van der Waals surface area contributed by atoms with Crippen molar-refractivity contribution in [3.63, 3.8) is 0 Å². The molecule has 114 valence electrons.